The van der Waals surface area contributed by atoms with Crippen molar-refractivity contribution in [1.29, 1.82) is 0 Å². The summed E-state index contributed by atoms with van der Waals surface area (Å²) in [7, 11) is 1.60. The monoisotopic (exact) mass is 296 g/mol. The third-order valence-corrected chi connectivity index (χ3v) is 2.96. The Kier molecular flexibility index (Phi) is 5.02. The van der Waals surface area contributed by atoms with E-state index in [9.17, 15) is 10.0 Å². The Morgan fingerprint density at radius 2 is 2.00 bits per heavy atom. The number of carbonyl (C=O) groups excluding carboxylic acids is 1. The molecule has 0 spiro atoms. The van der Waals surface area contributed by atoms with E-state index in [1.807, 2.05) is 30.3 Å². The minimum absolute atomic E-state index is 0.0134. The van der Waals surface area contributed by atoms with E-state index in [0.717, 1.165) is 16.7 Å². The fourth-order valence-corrected chi connectivity index (χ4v) is 1.89. The molecule has 0 saturated heterocycles. The molecule has 0 radical (unpaired) electrons. The fourth-order valence-electron chi connectivity index (χ4n) is 1.89. The molecule has 0 aliphatic carbocycles. The maximum absolute atomic E-state index is 10.8. The molecule has 2 rings (SSSR count). The van der Waals surface area contributed by atoms with Crippen molar-refractivity contribution in [2.24, 2.45) is 5.73 Å². The molecule has 0 aliphatic rings. The Morgan fingerprint density at radius 3 is 2.73 bits per heavy atom. The quantitative estimate of drug-likeness (QED) is 0.518. The van der Waals surface area contributed by atoms with Crippen LogP contribution < -0.4 is 10.5 Å². The molecule has 0 atom stereocenters. The van der Waals surface area contributed by atoms with E-state index < -0.39 is 6.03 Å². The zero-order valence-electron chi connectivity index (χ0n) is 12.1. The van der Waals surface area contributed by atoms with Crippen molar-refractivity contribution in [2.45, 2.75) is 6.54 Å². The Balaban J connectivity index is 2.21. The number of primary amides is 1. The summed E-state index contributed by atoms with van der Waals surface area (Å²) in [5.74, 6) is 6.78. The SMILES string of the molecule is COc1ccccc1C#Cc1cccc(CN(O)C(N)=O)c1. The molecule has 2 aromatic rings. The second kappa shape index (κ2) is 7.16. The largest absolute Gasteiger partial charge is 0.495 e. The number of rotatable bonds is 3. The van der Waals surface area contributed by atoms with Crippen LogP contribution in [0.4, 0.5) is 4.79 Å². The predicted octanol–water partition coefficient (Wildman–Crippen LogP) is 2.36. The van der Waals surface area contributed by atoms with Gasteiger partial charge in [-0.05, 0) is 29.8 Å². The van der Waals surface area contributed by atoms with Gasteiger partial charge in [0.2, 0.25) is 0 Å². The normalized spacial score (nSPS) is 9.55. The number of urea groups is 1. The lowest BCUT2D eigenvalue weighted by Crippen LogP contribution is -2.31. The second-order valence-electron chi connectivity index (χ2n) is 4.55. The van der Waals surface area contributed by atoms with Crippen molar-refractivity contribution >= 4 is 6.03 Å². The molecule has 0 heterocycles. The molecule has 2 amide bonds. The van der Waals surface area contributed by atoms with E-state index in [1.165, 1.54) is 0 Å². The Morgan fingerprint density at radius 1 is 1.23 bits per heavy atom. The number of benzene rings is 2. The van der Waals surface area contributed by atoms with Gasteiger partial charge in [0.15, 0.2) is 0 Å². The average Bonchev–Trinajstić information content (AvgIpc) is 2.53. The molecule has 0 unspecified atom stereocenters. The summed E-state index contributed by atoms with van der Waals surface area (Å²) in [5.41, 5.74) is 7.27. The lowest BCUT2D eigenvalue weighted by molar-refractivity contribution is -0.0470. The minimum atomic E-state index is -0.898. The number of ether oxygens (including phenoxy) is 1. The van der Waals surface area contributed by atoms with Gasteiger partial charge in [0.25, 0.3) is 0 Å². The molecule has 0 aromatic heterocycles. The number of para-hydroxylation sites is 1. The van der Waals surface area contributed by atoms with Gasteiger partial charge in [-0.15, -0.1) is 0 Å². The Labute approximate surface area is 128 Å². The zero-order valence-corrected chi connectivity index (χ0v) is 12.1. The number of methoxy groups -OCH3 is 1. The second-order valence-corrected chi connectivity index (χ2v) is 4.55. The highest BCUT2D eigenvalue weighted by Gasteiger charge is 2.06. The zero-order chi connectivity index (χ0) is 15.9. The predicted molar refractivity (Wildman–Crippen MR) is 82.3 cm³/mol. The van der Waals surface area contributed by atoms with E-state index in [2.05, 4.69) is 11.8 Å². The summed E-state index contributed by atoms with van der Waals surface area (Å²) >= 11 is 0. The first kappa shape index (κ1) is 15.4. The third kappa shape index (κ3) is 4.01. The summed E-state index contributed by atoms with van der Waals surface area (Å²) in [6.45, 7) is 0.0134. The van der Waals surface area contributed by atoms with Crippen molar-refractivity contribution < 1.29 is 14.7 Å². The van der Waals surface area contributed by atoms with Gasteiger partial charge in [-0.2, -0.15) is 0 Å². The van der Waals surface area contributed by atoms with E-state index >= 15 is 0 Å². The van der Waals surface area contributed by atoms with Gasteiger partial charge in [0.1, 0.15) is 5.75 Å². The Bertz CT molecular complexity index is 732. The summed E-state index contributed by atoms with van der Waals surface area (Å²) in [6, 6.07) is 13.8. The van der Waals surface area contributed by atoms with Crippen molar-refractivity contribution in [2.75, 3.05) is 7.11 Å². The molecular weight excluding hydrogens is 280 g/mol. The highest BCUT2D eigenvalue weighted by molar-refractivity contribution is 5.70. The summed E-state index contributed by atoms with van der Waals surface area (Å²) in [4.78, 5) is 10.8. The number of hydrogen-bond acceptors (Lipinski definition) is 3. The first-order valence-corrected chi connectivity index (χ1v) is 6.60. The molecule has 3 N–H and O–H groups in total. The van der Waals surface area contributed by atoms with Gasteiger partial charge in [0, 0.05) is 5.56 Å². The van der Waals surface area contributed by atoms with Crippen LogP contribution in [0.15, 0.2) is 48.5 Å². The van der Waals surface area contributed by atoms with Crippen molar-refractivity contribution in [3.63, 3.8) is 0 Å². The van der Waals surface area contributed by atoms with E-state index in [0.29, 0.717) is 10.8 Å². The lowest BCUT2D eigenvalue weighted by atomic mass is 10.1. The average molecular weight is 296 g/mol. The van der Waals surface area contributed by atoms with Crippen LogP contribution in [-0.4, -0.2) is 23.4 Å². The summed E-state index contributed by atoms with van der Waals surface area (Å²) in [6.07, 6.45) is 0. The summed E-state index contributed by atoms with van der Waals surface area (Å²) < 4.78 is 5.24. The van der Waals surface area contributed by atoms with Gasteiger partial charge in [-0.25, -0.2) is 9.86 Å². The number of nitrogens with two attached hydrogens (primary N) is 1. The molecule has 22 heavy (non-hydrogen) atoms. The van der Waals surface area contributed by atoms with Crippen LogP contribution in [-0.2, 0) is 6.54 Å². The van der Waals surface area contributed by atoms with E-state index in [-0.39, 0.29) is 6.54 Å². The minimum Gasteiger partial charge on any atom is -0.495 e. The fraction of sp³-hybridized carbons (Fsp3) is 0.118. The molecule has 0 aliphatic heterocycles. The molecular formula is C17H16N2O3. The Hall–Kier alpha value is -2.97. The maximum atomic E-state index is 10.8. The van der Waals surface area contributed by atoms with Crippen LogP contribution >= 0.6 is 0 Å². The molecule has 5 heteroatoms. The van der Waals surface area contributed by atoms with Crippen molar-refractivity contribution in [3.8, 4) is 17.6 Å². The molecule has 0 bridgehead atoms. The van der Waals surface area contributed by atoms with Crippen molar-refractivity contribution in [1.82, 2.24) is 5.06 Å². The number of hydroxylamine groups is 2. The summed E-state index contributed by atoms with van der Waals surface area (Å²) in [5, 5.41) is 9.80. The first-order chi connectivity index (χ1) is 10.6. The maximum Gasteiger partial charge on any atom is 0.338 e. The molecule has 0 saturated carbocycles. The van der Waals surface area contributed by atoms with Crippen LogP contribution in [0.1, 0.15) is 16.7 Å². The third-order valence-electron chi connectivity index (χ3n) is 2.96. The smallest absolute Gasteiger partial charge is 0.338 e. The number of nitrogens with zero attached hydrogens (tertiary/aromatic N) is 1. The first-order valence-electron chi connectivity index (χ1n) is 6.60. The molecule has 0 fully saturated rings. The molecule has 112 valence electrons. The van der Waals surface area contributed by atoms with Crippen LogP contribution in [0.3, 0.4) is 0 Å². The van der Waals surface area contributed by atoms with Gasteiger partial charge in [-0.1, -0.05) is 36.1 Å². The lowest BCUT2D eigenvalue weighted by Gasteiger charge is -2.11. The van der Waals surface area contributed by atoms with Gasteiger partial charge in [0.05, 0.1) is 19.2 Å². The molecule has 5 nitrogen and oxygen atoms in total. The van der Waals surface area contributed by atoms with Crippen molar-refractivity contribution in [3.05, 3.63) is 65.2 Å². The van der Waals surface area contributed by atoms with E-state index in [4.69, 9.17) is 10.5 Å². The standard InChI is InChI=1S/C17H16N2O3/c1-22-16-8-3-2-7-15(16)10-9-13-5-4-6-14(11-13)12-19(21)17(18)20/h2-8,11,21H,12H2,1H3,(H2,18,20). The number of amides is 2. The van der Waals surface area contributed by atoms with Gasteiger partial charge >= 0.3 is 6.03 Å². The highest BCUT2D eigenvalue weighted by Crippen LogP contribution is 2.16. The van der Waals surface area contributed by atoms with Crippen LogP contribution in [0.25, 0.3) is 0 Å². The molecule has 2 aromatic carbocycles. The van der Waals surface area contributed by atoms with Gasteiger partial charge in [-0.3, -0.25) is 5.21 Å². The van der Waals surface area contributed by atoms with Gasteiger partial charge < -0.3 is 10.5 Å². The number of carbonyl (C=O) groups is 1. The van der Waals surface area contributed by atoms with E-state index in [1.54, 1.807) is 25.3 Å². The highest BCUT2D eigenvalue weighted by atomic mass is 16.5. The van der Waals surface area contributed by atoms with Crippen LogP contribution in [0.5, 0.6) is 5.75 Å². The topological polar surface area (TPSA) is 75.8 Å². The van der Waals surface area contributed by atoms with Crippen LogP contribution in [0.2, 0.25) is 0 Å². The van der Waals surface area contributed by atoms with Crippen LogP contribution in [0, 0.1) is 11.8 Å². The number of hydrogen-bond donors (Lipinski definition) is 2.